The Balaban J connectivity index is 1.33. The quantitative estimate of drug-likeness (QED) is 0.586. The number of ether oxygens (including phenoxy) is 2. The normalized spacial score (nSPS) is 15.8. The molecule has 0 bridgehead atoms. The topological polar surface area (TPSA) is 85.6 Å². The second-order valence-corrected chi connectivity index (χ2v) is 7.05. The van der Waals surface area contributed by atoms with Crippen molar-refractivity contribution in [2.45, 2.75) is 52.1 Å². The highest BCUT2D eigenvalue weighted by atomic mass is 16.7. The average molecular weight is 384 g/mol. The van der Waals surface area contributed by atoms with E-state index >= 15 is 0 Å². The predicted molar refractivity (Wildman–Crippen MR) is 107 cm³/mol. The van der Waals surface area contributed by atoms with Crippen molar-refractivity contribution in [1.29, 1.82) is 0 Å². The van der Waals surface area contributed by atoms with Gasteiger partial charge in [-0.25, -0.2) is 4.99 Å². The second-order valence-electron chi connectivity index (χ2n) is 7.05. The maximum Gasteiger partial charge on any atom is 0.231 e. The molecule has 0 fully saturated rings. The first-order valence-corrected chi connectivity index (χ1v) is 10.1. The number of hydrogen-bond donors (Lipinski definition) is 2. The molecule has 2 aromatic rings. The molecular weight excluding hydrogens is 356 g/mol. The van der Waals surface area contributed by atoms with Crippen LogP contribution in [-0.2, 0) is 25.9 Å². The van der Waals surface area contributed by atoms with Crippen LogP contribution >= 0.6 is 0 Å². The zero-order valence-electron chi connectivity index (χ0n) is 16.4. The van der Waals surface area contributed by atoms with E-state index < -0.39 is 0 Å². The van der Waals surface area contributed by atoms with Crippen molar-refractivity contribution < 1.29 is 9.47 Å². The van der Waals surface area contributed by atoms with Crippen LogP contribution in [0, 0.1) is 0 Å². The summed E-state index contributed by atoms with van der Waals surface area (Å²) in [5.74, 6) is 4.59. The van der Waals surface area contributed by atoms with Crippen LogP contribution in [0.1, 0.15) is 43.4 Å². The van der Waals surface area contributed by atoms with Gasteiger partial charge in [0, 0.05) is 32.5 Å². The summed E-state index contributed by atoms with van der Waals surface area (Å²) in [6.45, 7) is 5.55. The molecule has 1 aromatic carbocycles. The first-order valence-electron chi connectivity index (χ1n) is 10.1. The number of nitrogens with one attached hydrogen (secondary N) is 2. The lowest BCUT2D eigenvalue weighted by molar-refractivity contribution is 0.174. The van der Waals surface area contributed by atoms with E-state index in [2.05, 4.69) is 37.3 Å². The lowest BCUT2D eigenvalue weighted by Crippen LogP contribution is -2.38. The molecule has 3 heterocycles. The van der Waals surface area contributed by atoms with Gasteiger partial charge in [0.1, 0.15) is 11.6 Å². The number of aliphatic imine (C=N–C) groups is 1. The molecule has 0 atom stereocenters. The highest BCUT2D eigenvalue weighted by Gasteiger charge is 2.15. The fourth-order valence-electron chi connectivity index (χ4n) is 3.57. The molecule has 0 aliphatic carbocycles. The molecule has 28 heavy (non-hydrogen) atoms. The maximum absolute atomic E-state index is 5.44. The molecule has 8 nitrogen and oxygen atoms in total. The molecule has 0 saturated carbocycles. The van der Waals surface area contributed by atoms with Gasteiger partial charge in [-0.15, -0.1) is 10.2 Å². The van der Waals surface area contributed by atoms with Crippen LogP contribution in [-0.4, -0.2) is 40.6 Å². The molecule has 4 rings (SSSR count). The molecule has 2 aliphatic heterocycles. The van der Waals surface area contributed by atoms with Crippen LogP contribution in [0.15, 0.2) is 23.2 Å². The van der Waals surface area contributed by atoms with Crippen molar-refractivity contribution in [2.75, 3.05) is 19.9 Å². The molecule has 150 valence electrons. The summed E-state index contributed by atoms with van der Waals surface area (Å²) >= 11 is 0. The van der Waals surface area contributed by atoms with Gasteiger partial charge < -0.3 is 24.7 Å². The number of nitrogens with zero attached hydrogens (tertiary/aromatic N) is 4. The Morgan fingerprint density at radius 2 is 2.07 bits per heavy atom. The smallest absolute Gasteiger partial charge is 0.231 e. The molecule has 1 aromatic heterocycles. The Kier molecular flexibility index (Phi) is 5.94. The lowest BCUT2D eigenvalue weighted by atomic mass is 10.2. The number of benzene rings is 1. The zero-order chi connectivity index (χ0) is 19.2. The van der Waals surface area contributed by atoms with Crippen LogP contribution in [0.4, 0.5) is 0 Å². The van der Waals surface area contributed by atoms with Gasteiger partial charge in [-0.3, -0.25) is 0 Å². The first kappa shape index (κ1) is 18.6. The number of guanidine groups is 1. The van der Waals surface area contributed by atoms with Crippen LogP contribution in [0.25, 0.3) is 0 Å². The third kappa shape index (κ3) is 4.37. The number of aryl methyl sites for hydroxylation is 1. The third-order valence-corrected chi connectivity index (χ3v) is 5.03. The van der Waals surface area contributed by atoms with Gasteiger partial charge in [-0.05, 0) is 37.5 Å². The minimum absolute atomic E-state index is 0.290. The zero-order valence-corrected chi connectivity index (χ0v) is 16.4. The summed E-state index contributed by atoms with van der Waals surface area (Å²) in [5, 5.41) is 15.5. The van der Waals surface area contributed by atoms with Crippen molar-refractivity contribution in [3.8, 4) is 11.5 Å². The Morgan fingerprint density at radius 3 is 3.00 bits per heavy atom. The molecule has 0 unspecified atom stereocenters. The SMILES string of the molecule is CCNC(=NCc1ccc2c(c1)OCO2)NCCc1nnc2n1CCCCC2. The Morgan fingerprint density at radius 1 is 1.14 bits per heavy atom. The highest BCUT2D eigenvalue weighted by molar-refractivity contribution is 5.79. The number of aromatic nitrogens is 3. The van der Waals surface area contributed by atoms with Crippen molar-refractivity contribution in [3.05, 3.63) is 35.4 Å². The van der Waals surface area contributed by atoms with Crippen molar-refractivity contribution >= 4 is 5.96 Å². The summed E-state index contributed by atoms with van der Waals surface area (Å²) in [5.41, 5.74) is 1.09. The molecular formula is C20H28N6O2. The Labute approximate surface area is 165 Å². The molecule has 0 saturated heterocycles. The van der Waals surface area contributed by atoms with Gasteiger partial charge in [0.25, 0.3) is 0 Å². The standard InChI is InChI=1S/C20H28N6O2/c1-2-21-20(23-13-15-7-8-16-17(12-15)28-14-27-16)22-10-9-19-25-24-18-6-4-3-5-11-26(18)19/h7-8,12H,2-6,9-11,13-14H2,1H3,(H2,21,22,23). The van der Waals surface area contributed by atoms with Gasteiger partial charge in [-0.2, -0.15) is 0 Å². The van der Waals surface area contributed by atoms with E-state index in [4.69, 9.17) is 9.47 Å². The first-order chi connectivity index (χ1) is 13.8. The van der Waals surface area contributed by atoms with Crippen molar-refractivity contribution in [2.24, 2.45) is 4.99 Å². The van der Waals surface area contributed by atoms with Crippen LogP contribution in [0.5, 0.6) is 11.5 Å². The van der Waals surface area contributed by atoms with Crippen molar-refractivity contribution in [1.82, 2.24) is 25.4 Å². The molecule has 2 aliphatic rings. The molecule has 2 N–H and O–H groups in total. The number of rotatable bonds is 6. The van der Waals surface area contributed by atoms with Crippen molar-refractivity contribution in [3.63, 3.8) is 0 Å². The fraction of sp³-hybridized carbons (Fsp3) is 0.550. The summed E-state index contributed by atoms with van der Waals surface area (Å²) < 4.78 is 13.1. The van der Waals surface area contributed by atoms with Crippen LogP contribution in [0.3, 0.4) is 0 Å². The Bertz CT molecular complexity index is 832. The van der Waals surface area contributed by atoms with E-state index in [9.17, 15) is 0 Å². The largest absolute Gasteiger partial charge is 0.454 e. The monoisotopic (exact) mass is 384 g/mol. The number of fused-ring (bicyclic) bond motifs is 2. The van der Waals surface area contributed by atoms with E-state index in [1.54, 1.807) is 0 Å². The summed E-state index contributed by atoms with van der Waals surface area (Å²) in [4.78, 5) is 4.69. The molecule has 0 radical (unpaired) electrons. The maximum atomic E-state index is 5.44. The summed E-state index contributed by atoms with van der Waals surface area (Å²) in [7, 11) is 0. The molecule has 0 spiro atoms. The van der Waals surface area contributed by atoms with E-state index in [1.807, 2.05) is 18.2 Å². The minimum Gasteiger partial charge on any atom is -0.454 e. The van der Waals surface area contributed by atoms with Gasteiger partial charge >= 0.3 is 0 Å². The number of hydrogen-bond acceptors (Lipinski definition) is 5. The van der Waals surface area contributed by atoms with Gasteiger partial charge in [0.2, 0.25) is 6.79 Å². The Hall–Kier alpha value is -2.77. The minimum atomic E-state index is 0.290. The summed E-state index contributed by atoms with van der Waals surface area (Å²) in [6.07, 6.45) is 5.58. The average Bonchev–Trinajstić information content (AvgIpc) is 3.26. The molecule has 8 heteroatoms. The van der Waals surface area contributed by atoms with Gasteiger partial charge in [-0.1, -0.05) is 12.5 Å². The summed E-state index contributed by atoms with van der Waals surface area (Å²) in [6, 6.07) is 5.94. The fourth-order valence-corrected chi connectivity index (χ4v) is 3.57. The van der Waals surface area contributed by atoms with Gasteiger partial charge in [0.05, 0.1) is 6.54 Å². The van der Waals surface area contributed by atoms with E-state index in [0.29, 0.717) is 13.3 Å². The van der Waals surface area contributed by atoms with Gasteiger partial charge in [0.15, 0.2) is 17.5 Å². The van der Waals surface area contributed by atoms with E-state index in [0.717, 1.165) is 67.1 Å². The second kappa shape index (κ2) is 8.95. The van der Waals surface area contributed by atoms with Crippen LogP contribution in [0.2, 0.25) is 0 Å². The van der Waals surface area contributed by atoms with E-state index in [1.165, 1.54) is 19.3 Å². The van der Waals surface area contributed by atoms with Crippen LogP contribution < -0.4 is 20.1 Å². The highest BCUT2D eigenvalue weighted by Crippen LogP contribution is 2.32. The van der Waals surface area contributed by atoms with E-state index in [-0.39, 0.29) is 0 Å². The lowest BCUT2D eigenvalue weighted by Gasteiger charge is -2.12. The molecule has 0 amide bonds. The predicted octanol–water partition coefficient (Wildman–Crippen LogP) is 2.03. The third-order valence-electron chi connectivity index (χ3n) is 5.03.